The predicted octanol–water partition coefficient (Wildman–Crippen LogP) is 5.94. The number of rotatable bonds is 5. The van der Waals surface area contributed by atoms with Gasteiger partial charge in [0.1, 0.15) is 17.2 Å². The van der Waals surface area contributed by atoms with Crippen LogP contribution in [0.4, 0.5) is 0 Å². The van der Waals surface area contributed by atoms with Crippen LogP contribution in [0.2, 0.25) is 10.0 Å². The maximum atomic E-state index is 12.8. The zero-order chi connectivity index (χ0) is 22.6. The number of nitrogens with one attached hydrogen (secondary N) is 2. The van der Waals surface area contributed by atoms with E-state index < -0.39 is 17.4 Å². The van der Waals surface area contributed by atoms with E-state index in [9.17, 15) is 9.59 Å². The Morgan fingerprint density at radius 2 is 1.45 bits per heavy atom. The summed E-state index contributed by atoms with van der Waals surface area (Å²) in [6.45, 7) is 5.57. The van der Waals surface area contributed by atoms with Crippen LogP contribution in [0.1, 0.15) is 36.9 Å². The van der Waals surface area contributed by atoms with Crippen molar-refractivity contribution in [3.63, 3.8) is 0 Å². The fourth-order valence-corrected chi connectivity index (χ4v) is 2.96. The Hall–Kier alpha value is -3.02. The maximum Gasteiger partial charge on any atom is 0.268 e. The molecule has 0 aliphatic carbocycles. The Morgan fingerprint density at radius 1 is 0.871 bits per heavy atom. The Bertz CT molecular complexity index is 1110. The van der Waals surface area contributed by atoms with E-state index >= 15 is 0 Å². The molecule has 31 heavy (non-hydrogen) atoms. The molecule has 2 aromatic carbocycles. The van der Waals surface area contributed by atoms with Crippen molar-refractivity contribution in [1.29, 1.82) is 0 Å². The van der Waals surface area contributed by atoms with Crippen molar-refractivity contribution in [2.45, 2.75) is 26.3 Å². The molecule has 0 fully saturated rings. The molecule has 3 rings (SSSR count). The third-order valence-electron chi connectivity index (χ3n) is 4.13. The van der Waals surface area contributed by atoms with E-state index in [1.807, 2.05) is 32.9 Å². The van der Waals surface area contributed by atoms with Gasteiger partial charge in [0.15, 0.2) is 0 Å². The molecule has 1 aromatic heterocycles. The van der Waals surface area contributed by atoms with E-state index in [2.05, 4.69) is 10.6 Å². The number of benzene rings is 2. The second-order valence-electron chi connectivity index (χ2n) is 7.93. The third-order valence-corrected chi connectivity index (χ3v) is 4.63. The van der Waals surface area contributed by atoms with Gasteiger partial charge in [0.2, 0.25) is 0 Å². The molecule has 2 amide bonds. The maximum absolute atomic E-state index is 12.8. The van der Waals surface area contributed by atoms with Gasteiger partial charge in [-0.25, -0.2) is 0 Å². The molecule has 0 radical (unpaired) electrons. The molecule has 0 spiro atoms. The molecular weight excluding hydrogens is 435 g/mol. The topological polar surface area (TPSA) is 71.3 Å². The average molecular weight is 457 g/mol. The van der Waals surface area contributed by atoms with Gasteiger partial charge in [-0.15, -0.1) is 0 Å². The minimum Gasteiger partial charge on any atom is -0.457 e. The minimum absolute atomic E-state index is 0.0619. The normalized spacial score (nSPS) is 11.8. The fraction of sp³-hybridized carbons (Fsp3) is 0.167. The summed E-state index contributed by atoms with van der Waals surface area (Å²) in [5.74, 6) is 0.165. The van der Waals surface area contributed by atoms with Crippen molar-refractivity contribution in [2.24, 2.45) is 0 Å². The van der Waals surface area contributed by atoms with Gasteiger partial charge in [0.05, 0.1) is 0 Å². The summed E-state index contributed by atoms with van der Waals surface area (Å²) in [7, 11) is 0. The molecule has 5 nitrogen and oxygen atoms in total. The van der Waals surface area contributed by atoms with Crippen molar-refractivity contribution in [1.82, 2.24) is 10.6 Å². The first-order valence-corrected chi connectivity index (χ1v) is 10.3. The molecule has 1 heterocycles. The number of furan rings is 1. The Kier molecular flexibility index (Phi) is 6.88. The van der Waals surface area contributed by atoms with E-state index in [4.69, 9.17) is 27.6 Å². The minimum atomic E-state index is -0.487. The first kappa shape index (κ1) is 22.7. The van der Waals surface area contributed by atoms with Crippen molar-refractivity contribution in [3.8, 4) is 11.3 Å². The van der Waals surface area contributed by atoms with Crippen molar-refractivity contribution in [2.75, 3.05) is 0 Å². The van der Waals surface area contributed by atoms with Crippen LogP contribution in [0.15, 0.2) is 70.8 Å². The quantitative estimate of drug-likeness (QED) is 0.466. The molecule has 3 aromatic rings. The standard InChI is InChI=1S/C24H22Cl2N2O3/c1-24(2,3)28-23(30)20(27-22(29)16-6-10-18(26)11-7-16)14-19-12-13-21(31-19)15-4-8-17(25)9-5-15/h4-14H,1-3H3,(H,27,29)(H,28,30)/b20-14-. The SMILES string of the molecule is CC(C)(C)NC(=O)/C(=C/c1ccc(-c2ccc(Cl)cc2)o1)NC(=O)c1ccc(Cl)cc1. The lowest BCUT2D eigenvalue weighted by Crippen LogP contribution is -2.44. The van der Waals surface area contributed by atoms with Crippen LogP contribution < -0.4 is 10.6 Å². The van der Waals surface area contributed by atoms with Gasteiger partial charge in [-0.3, -0.25) is 9.59 Å². The number of hydrogen-bond acceptors (Lipinski definition) is 3. The van der Waals surface area contributed by atoms with Gasteiger partial charge in [-0.1, -0.05) is 23.2 Å². The number of hydrogen-bond donors (Lipinski definition) is 2. The van der Waals surface area contributed by atoms with Crippen LogP contribution in [-0.2, 0) is 4.79 Å². The summed E-state index contributed by atoms with van der Waals surface area (Å²) in [6.07, 6.45) is 1.49. The van der Waals surface area contributed by atoms with Gasteiger partial charge in [0, 0.05) is 32.8 Å². The van der Waals surface area contributed by atoms with Crippen LogP contribution in [-0.4, -0.2) is 17.4 Å². The van der Waals surface area contributed by atoms with Gasteiger partial charge in [-0.2, -0.15) is 0 Å². The lowest BCUT2D eigenvalue weighted by Gasteiger charge is -2.21. The Morgan fingerprint density at radius 3 is 2.03 bits per heavy atom. The molecule has 2 N–H and O–H groups in total. The van der Waals surface area contributed by atoms with Crippen LogP contribution >= 0.6 is 23.2 Å². The molecule has 0 aliphatic heterocycles. The predicted molar refractivity (Wildman–Crippen MR) is 124 cm³/mol. The van der Waals surface area contributed by atoms with Crippen molar-refractivity contribution >= 4 is 41.1 Å². The monoisotopic (exact) mass is 456 g/mol. The summed E-state index contributed by atoms with van der Waals surface area (Å²) in [5.41, 5.74) is 0.792. The summed E-state index contributed by atoms with van der Waals surface area (Å²) in [5, 5.41) is 6.66. The van der Waals surface area contributed by atoms with Crippen molar-refractivity contribution < 1.29 is 14.0 Å². The van der Waals surface area contributed by atoms with E-state index in [1.54, 1.807) is 48.5 Å². The van der Waals surface area contributed by atoms with Crippen LogP contribution in [0, 0.1) is 0 Å². The fourth-order valence-electron chi connectivity index (χ4n) is 2.70. The molecule has 0 aliphatic rings. The molecule has 0 atom stereocenters. The van der Waals surface area contributed by atoms with Gasteiger partial charge in [0.25, 0.3) is 11.8 Å². The molecule has 0 saturated carbocycles. The second kappa shape index (κ2) is 9.41. The smallest absolute Gasteiger partial charge is 0.268 e. The van der Waals surface area contributed by atoms with Gasteiger partial charge < -0.3 is 15.1 Å². The highest BCUT2D eigenvalue weighted by atomic mass is 35.5. The third kappa shape index (κ3) is 6.48. The zero-order valence-corrected chi connectivity index (χ0v) is 18.8. The second-order valence-corrected chi connectivity index (χ2v) is 8.80. The van der Waals surface area contributed by atoms with E-state index in [-0.39, 0.29) is 5.70 Å². The highest BCUT2D eigenvalue weighted by Gasteiger charge is 2.20. The van der Waals surface area contributed by atoms with Gasteiger partial charge in [-0.05, 0) is 81.4 Å². The lowest BCUT2D eigenvalue weighted by molar-refractivity contribution is -0.119. The lowest BCUT2D eigenvalue weighted by atomic mass is 10.1. The summed E-state index contributed by atoms with van der Waals surface area (Å²) >= 11 is 11.8. The molecular formula is C24H22Cl2N2O3. The molecule has 7 heteroatoms. The summed E-state index contributed by atoms with van der Waals surface area (Å²) < 4.78 is 5.86. The number of carbonyl (C=O) groups is 2. The molecule has 160 valence electrons. The number of amides is 2. The molecule has 0 bridgehead atoms. The Labute approximate surface area is 191 Å². The number of carbonyl (C=O) groups excluding carboxylic acids is 2. The number of halogens is 2. The summed E-state index contributed by atoms with van der Waals surface area (Å²) in [6, 6.07) is 17.1. The van der Waals surface area contributed by atoms with Crippen molar-refractivity contribution in [3.05, 3.63) is 87.7 Å². The van der Waals surface area contributed by atoms with E-state index in [0.29, 0.717) is 27.1 Å². The van der Waals surface area contributed by atoms with Crippen LogP contribution in [0.5, 0.6) is 0 Å². The van der Waals surface area contributed by atoms with Gasteiger partial charge >= 0.3 is 0 Å². The largest absolute Gasteiger partial charge is 0.457 e. The highest BCUT2D eigenvalue weighted by Crippen LogP contribution is 2.25. The average Bonchev–Trinajstić information content (AvgIpc) is 3.15. The summed E-state index contributed by atoms with van der Waals surface area (Å²) in [4.78, 5) is 25.5. The van der Waals surface area contributed by atoms with Crippen LogP contribution in [0.3, 0.4) is 0 Å². The zero-order valence-electron chi connectivity index (χ0n) is 17.3. The van der Waals surface area contributed by atoms with E-state index in [0.717, 1.165) is 5.56 Å². The van der Waals surface area contributed by atoms with Crippen LogP contribution in [0.25, 0.3) is 17.4 Å². The Balaban J connectivity index is 1.89. The van der Waals surface area contributed by atoms with E-state index in [1.165, 1.54) is 6.08 Å². The first-order chi connectivity index (χ1) is 14.6. The highest BCUT2D eigenvalue weighted by molar-refractivity contribution is 6.31. The molecule has 0 unspecified atom stereocenters. The first-order valence-electron chi connectivity index (χ1n) is 9.58. The molecule has 0 saturated heterocycles.